The van der Waals surface area contributed by atoms with Gasteiger partial charge in [0.05, 0.1) is 17.1 Å². The number of alkyl halides is 3. The number of carbonyl (C=O) groups is 1. The van der Waals surface area contributed by atoms with Crippen LogP contribution in [0.5, 0.6) is 0 Å². The summed E-state index contributed by atoms with van der Waals surface area (Å²) in [6, 6.07) is 5.19. The molecule has 9 heteroatoms. The molecule has 5 nitrogen and oxygen atoms in total. The molecule has 28 heavy (non-hydrogen) atoms. The van der Waals surface area contributed by atoms with Crippen LogP contribution in [-0.2, 0) is 27.4 Å². The number of carbonyl (C=O) groups excluding carboxylic acids is 1. The summed E-state index contributed by atoms with van der Waals surface area (Å²) in [6.45, 7) is 3.14. The van der Waals surface area contributed by atoms with Crippen molar-refractivity contribution in [3.8, 4) is 0 Å². The highest BCUT2D eigenvalue weighted by Crippen LogP contribution is 2.29. The van der Waals surface area contributed by atoms with Crippen molar-refractivity contribution in [2.75, 3.05) is 37.7 Å². The van der Waals surface area contributed by atoms with Gasteiger partial charge in [-0.25, -0.2) is 8.42 Å². The minimum atomic E-state index is -4.33. The molecule has 2 aliphatic rings. The zero-order valence-electron chi connectivity index (χ0n) is 15.6. The molecule has 1 amide bonds. The largest absolute Gasteiger partial charge is 0.416 e. The van der Waals surface area contributed by atoms with E-state index in [-0.39, 0.29) is 29.8 Å². The lowest BCUT2D eigenvalue weighted by Crippen LogP contribution is -2.36. The van der Waals surface area contributed by atoms with Gasteiger partial charge in [-0.1, -0.05) is 12.1 Å². The van der Waals surface area contributed by atoms with Crippen LogP contribution in [0, 0.1) is 5.92 Å². The number of amides is 1. The number of halogens is 3. The normalized spacial score (nSPS) is 23.5. The molecular formula is C19H25F3N2O3S. The first-order valence-electron chi connectivity index (χ1n) is 9.49. The molecule has 156 valence electrons. The van der Waals surface area contributed by atoms with Crippen LogP contribution < -0.4 is 0 Å². The SMILES string of the molecule is O=C(CC1CCS(=O)(=O)C1)N1CCCN(Cc2ccc(C(F)(F)F)cc2)CC1. The number of nitrogens with zero attached hydrogens (tertiary/aromatic N) is 2. The van der Waals surface area contributed by atoms with Crippen LogP contribution in [-0.4, -0.2) is 61.8 Å². The number of hydrogen-bond acceptors (Lipinski definition) is 4. The predicted octanol–water partition coefficient (Wildman–Crippen LogP) is 2.56. The van der Waals surface area contributed by atoms with E-state index in [2.05, 4.69) is 4.90 Å². The van der Waals surface area contributed by atoms with E-state index in [1.54, 1.807) is 4.90 Å². The van der Waals surface area contributed by atoms with Gasteiger partial charge in [0, 0.05) is 39.1 Å². The molecule has 2 heterocycles. The summed E-state index contributed by atoms with van der Waals surface area (Å²) < 4.78 is 61.1. The molecule has 0 radical (unpaired) electrons. The van der Waals surface area contributed by atoms with Crippen molar-refractivity contribution in [3.05, 3.63) is 35.4 Å². The van der Waals surface area contributed by atoms with Crippen molar-refractivity contribution in [1.29, 1.82) is 0 Å². The summed E-state index contributed by atoms with van der Waals surface area (Å²) in [6.07, 6.45) is -2.71. The van der Waals surface area contributed by atoms with E-state index >= 15 is 0 Å². The molecule has 1 aromatic carbocycles. The number of hydrogen-bond donors (Lipinski definition) is 0. The quantitative estimate of drug-likeness (QED) is 0.754. The lowest BCUT2D eigenvalue weighted by Gasteiger charge is -2.23. The maximum atomic E-state index is 12.7. The molecule has 0 bridgehead atoms. The van der Waals surface area contributed by atoms with E-state index < -0.39 is 21.6 Å². The Balaban J connectivity index is 1.50. The summed E-state index contributed by atoms with van der Waals surface area (Å²) in [4.78, 5) is 16.4. The average molecular weight is 418 g/mol. The Bertz CT molecular complexity index is 794. The lowest BCUT2D eigenvalue weighted by molar-refractivity contribution is -0.137. The van der Waals surface area contributed by atoms with Crippen LogP contribution in [0.15, 0.2) is 24.3 Å². The fourth-order valence-corrected chi connectivity index (χ4v) is 5.71. The molecule has 1 aromatic rings. The highest BCUT2D eigenvalue weighted by Gasteiger charge is 2.31. The van der Waals surface area contributed by atoms with Gasteiger partial charge in [-0.2, -0.15) is 13.2 Å². The van der Waals surface area contributed by atoms with Crippen molar-refractivity contribution < 1.29 is 26.4 Å². The Hall–Kier alpha value is -1.61. The lowest BCUT2D eigenvalue weighted by atomic mass is 10.0. The van der Waals surface area contributed by atoms with Crippen molar-refractivity contribution in [2.45, 2.75) is 32.0 Å². The van der Waals surface area contributed by atoms with Crippen molar-refractivity contribution in [3.63, 3.8) is 0 Å². The van der Waals surface area contributed by atoms with Gasteiger partial charge in [-0.3, -0.25) is 9.69 Å². The third-order valence-electron chi connectivity index (χ3n) is 5.42. The molecule has 0 spiro atoms. The van der Waals surface area contributed by atoms with Gasteiger partial charge in [0.2, 0.25) is 5.91 Å². The minimum Gasteiger partial charge on any atom is -0.341 e. The third kappa shape index (κ3) is 5.70. The topological polar surface area (TPSA) is 57.7 Å². The predicted molar refractivity (Wildman–Crippen MR) is 99.3 cm³/mol. The Morgan fingerprint density at radius 1 is 1.07 bits per heavy atom. The smallest absolute Gasteiger partial charge is 0.341 e. The van der Waals surface area contributed by atoms with E-state index in [9.17, 15) is 26.4 Å². The summed E-state index contributed by atoms with van der Waals surface area (Å²) in [5, 5.41) is 0. The van der Waals surface area contributed by atoms with Crippen LogP contribution >= 0.6 is 0 Å². The van der Waals surface area contributed by atoms with Crippen molar-refractivity contribution in [1.82, 2.24) is 9.80 Å². The molecule has 0 N–H and O–H groups in total. The number of sulfone groups is 1. The molecule has 0 aliphatic carbocycles. The summed E-state index contributed by atoms with van der Waals surface area (Å²) in [5.41, 5.74) is 0.154. The second-order valence-electron chi connectivity index (χ2n) is 7.68. The fourth-order valence-electron chi connectivity index (χ4n) is 3.84. The maximum absolute atomic E-state index is 12.7. The molecule has 3 rings (SSSR count). The fraction of sp³-hybridized carbons (Fsp3) is 0.632. The van der Waals surface area contributed by atoms with Crippen molar-refractivity contribution in [2.24, 2.45) is 5.92 Å². The van der Waals surface area contributed by atoms with Crippen LogP contribution in [0.4, 0.5) is 13.2 Å². The Morgan fingerprint density at radius 3 is 2.39 bits per heavy atom. The first-order valence-corrected chi connectivity index (χ1v) is 11.3. The molecule has 1 atom stereocenters. The molecule has 0 aromatic heterocycles. The number of rotatable bonds is 4. The second-order valence-corrected chi connectivity index (χ2v) is 9.91. The van der Waals surface area contributed by atoms with E-state index in [4.69, 9.17) is 0 Å². The number of benzene rings is 1. The first kappa shape index (κ1) is 21.1. The van der Waals surface area contributed by atoms with Gasteiger partial charge in [0.15, 0.2) is 9.84 Å². The molecule has 0 saturated carbocycles. The monoisotopic (exact) mass is 418 g/mol. The highest BCUT2D eigenvalue weighted by atomic mass is 32.2. The maximum Gasteiger partial charge on any atom is 0.416 e. The first-order chi connectivity index (χ1) is 13.1. The minimum absolute atomic E-state index is 0.00141. The van der Waals surface area contributed by atoms with Crippen molar-refractivity contribution >= 4 is 15.7 Å². The molecule has 1 unspecified atom stereocenters. The molecular weight excluding hydrogens is 393 g/mol. The second kappa shape index (κ2) is 8.41. The van der Waals surface area contributed by atoms with Gasteiger partial charge < -0.3 is 4.90 Å². The van der Waals surface area contributed by atoms with Gasteiger partial charge in [0.1, 0.15) is 0 Å². The molecule has 2 aliphatic heterocycles. The van der Waals surface area contributed by atoms with E-state index in [1.807, 2.05) is 0 Å². The van der Waals surface area contributed by atoms with E-state index in [0.717, 1.165) is 30.7 Å². The molecule has 2 saturated heterocycles. The Labute approximate surface area is 163 Å². The Kier molecular flexibility index (Phi) is 6.34. The third-order valence-corrected chi connectivity index (χ3v) is 7.26. The van der Waals surface area contributed by atoms with E-state index in [1.165, 1.54) is 12.1 Å². The van der Waals surface area contributed by atoms with Gasteiger partial charge in [-0.15, -0.1) is 0 Å². The molecule has 2 fully saturated rings. The summed E-state index contributed by atoms with van der Waals surface area (Å²) in [7, 11) is -2.98. The average Bonchev–Trinajstić information content (AvgIpc) is 2.81. The standard InChI is InChI=1S/C19H25F3N2O3S/c20-19(21,22)17-4-2-15(3-5-17)13-23-7-1-8-24(10-9-23)18(25)12-16-6-11-28(26,27)14-16/h2-5,16H,1,6-14H2. The zero-order valence-corrected chi connectivity index (χ0v) is 16.4. The van der Waals surface area contributed by atoms with Crippen LogP contribution in [0.3, 0.4) is 0 Å². The van der Waals surface area contributed by atoms with E-state index in [0.29, 0.717) is 32.6 Å². The summed E-state index contributed by atoms with van der Waals surface area (Å²) >= 11 is 0. The highest BCUT2D eigenvalue weighted by molar-refractivity contribution is 7.91. The van der Waals surface area contributed by atoms with Crippen LogP contribution in [0.25, 0.3) is 0 Å². The van der Waals surface area contributed by atoms with Gasteiger partial charge in [0.25, 0.3) is 0 Å². The van der Waals surface area contributed by atoms with Crippen LogP contribution in [0.2, 0.25) is 0 Å². The zero-order chi connectivity index (χ0) is 20.4. The van der Waals surface area contributed by atoms with Gasteiger partial charge in [-0.05, 0) is 36.5 Å². The Morgan fingerprint density at radius 2 is 1.79 bits per heavy atom. The summed E-state index contributed by atoms with van der Waals surface area (Å²) in [5.74, 6) is 0.195. The van der Waals surface area contributed by atoms with Crippen LogP contribution in [0.1, 0.15) is 30.4 Å². The van der Waals surface area contributed by atoms with Gasteiger partial charge >= 0.3 is 6.18 Å².